The maximum atomic E-state index is 12.9. The third kappa shape index (κ3) is 2.86. The Kier molecular flexibility index (Phi) is 4.44. The molecule has 116 valence electrons. The third-order valence-electron chi connectivity index (χ3n) is 4.74. The second kappa shape index (κ2) is 6.49. The van der Waals surface area contributed by atoms with Crippen LogP contribution < -0.4 is 5.32 Å². The second-order valence-corrected chi connectivity index (χ2v) is 6.21. The van der Waals surface area contributed by atoms with Crippen molar-refractivity contribution in [2.45, 2.75) is 31.7 Å². The molecule has 3 nitrogen and oxygen atoms in total. The fourth-order valence-corrected chi connectivity index (χ4v) is 3.44. The number of hydrogen-bond acceptors (Lipinski definition) is 2. The van der Waals surface area contributed by atoms with Crippen molar-refractivity contribution in [2.75, 3.05) is 20.1 Å². The van der Waals surface area contributed by atoms with Gasteiger partial charge in [0, 0.05) is 19.1 Å². The Labute approximate surface area is 132 Å². The standard InChI is InChI=1S/C19H24N2O/c1-14(19(22)21-11-5-8-18(21)13-20-2)16-10-9-15-6-3-4-7-17(15)12-16/h3-4,6-7,9-10,12,14,18,20H,5,8,11,13H2,1-2H3. The molecule has 1 aliphatic heterocycles. The number of nitrogens with one attached hydrogen (secondary N) is 1. The molecule has 1 fully saturated rings. The molecule has 3 rings (SSSR count). The smallest absolute Gasteiger partial charge is 0.230 e. The number of benzene rings is 2. The van der Waals surface area contributed by atoms with Crippen molar-refractivity contribution < 1.29 is 4.79 Å². The van der Waals surface area contributed by atoms with Crippen LogP contribution in [0, 0.1) is 0 Å². The van der Waals surface area contributed by atoms with Gasteiger partial charge in [0.25, 0.3) is 0 Å². The number of carbonyl (C=O) groups is 1. The van der Waals surface area contributed by atoms with Gasteiger partial charge in [0.2, 0.25) is 5.91 Å². The van der Waals surface area contributed by atoms with E-state index in [9.17, 15) is 4.79 Å². The summed E-state index contributed by atoms with van der Waals surface area (Å²) in [5.41, 5.74) is 1.11. The van der Waals surface area contributed by atoms with Crippen LogP contribution in [0.1, 0.15) is 31.2 Å². The van der Waals surface area contributed by atoms with Gasteiger partial charge in [0.15, 0.2) is 0 Å². The summed E-state index contributed by atoms with van der Waals surface area (Å²) in [6, 6.07) is 15.0. The molecule has 2 aromatic rings. The Hall–Kier alpha value is -1.87. The molecule has 1 heterocycles. The number of likely N-dealkylation sites (tertiary alicyclic amines) is 1. The number of fused-ring (bicyclic) bond motifs is 1. The van der Waals surface area contributed by atoms with E-state index in [2.05, 4.69) is 40.5 Å². The van der Waals surface area contributed by atoms with Gasteiger partial charge in [-0.25, -0.2) is 0 Å². The molecule has 0 radical (unpaired) electrons. The molecular weight excluding hydrogens is 272 g/mol. The highest BCUT2D eigenvalue weighted by Crippen LogP contribution is 2.26. The van der Waals surface area contributed by atoms with Gasteiger partial charge < -0.3 is 10.2 Å². The van der Waals surface area contributed by atoms with E-state index in [0.717, 1.165) is 31.5 Å². The van der Waals surface area contributed by atoms with Crippen molar-refractivity contribution in [1.82, 2.24) is 10.2 Å². The van der Waals surface area contributed by atoms with Crippen LogP contribution in [0.25, 0.3) is 10.8 Å². The molecule has 2 atom stereocenters. The lowest BCUT2D eigenvalue weighted by Crippen LogP contribution is -2.42. The molecular formula is C19H24N2O. The highest BCUT2D eigenvalue weighted by atomic mass is 16.2. The first-order valence-electron chi connectivity index (χ1n) is 8.14. The average molecular weight is 296 g/mol. The molecule has 1 amide bonds. The van der Waals surface area contributed by atoms with Crippen molar-refractivity contribution in [1.29, 1.82) is 0 Å². The van der Waals surface area contributed by atoms with Crippen LogP contribution in [0.2, 0.25) is 0 Å². The van der Waals surface area contributed by atoms with Crippen LogP contribution in [0.3, 0.4) is 0 Å². The van der Waals surface area contributed by atoms with Gasteiger partial charge in [0.05, 0.1) is 5.92 Å². The molecule has 1 N–H and O–H groups in total. The Balaban J connectivity index is 1.82. The van der Waals surface area contributed by atoms with Gasteiger partial charge in [0.1, 0.15) is 0 Å². The van der Waals surface area contributed by atoms with Crippen molar-refractivity contribution in [3.05, 3.63) is 48.0 Å². The SMILES string of the molecule is CNCC1CCCN1C(=O)C(C)c1ccc2ccccc2c1. The summed E-state index contributed by atoms with van der Waals surface area (Å²) >= 11 is 0. The van der Waals surface area contributed by atoms with Crippen LogP contribution in [-0.4, -0.2) is 37.0 Å². The average Bonchev–Trinajstić information content (AvgIpc) is 3.01. The highest BCUT2D eigenvalue weighted by Gasteiger charge is 2.31. The number of carbonyl (C=O) groups excluding carboxylic acids is 1. The molecule has 0 spiro atoms. The summed E-state index contributed by atoms with van der Waals surface area (Å²) in [6.07, 6.45) is 2.22. The predicted molar refractivity (Wildman–Crippen MR) is 91.0 cm³/mol. The molecule has 0 aromatic heterocycles. The summed E-state index contributed by atoms with van der Waals surface area (Å²) in [5.74, 6) is 0.176. The van der Waals surface area contributed by atoms with Crippen molar-refractivity contribution in [2.24, 2.45) is 0 Å². The van der Waals surface area contributed by atoms with E-state index in [-0.39, 0.29) is 11.8 Å². The van der Waals surface area contributed by atoms with E-state index >= 15 is 0 Å². The largest absolute Gasteiger partial charge is 0.338 e. The summed E-state index contributed by atoms with van der Waals surface area (Å²) < 4.78 is 0. The summed E-state index contributed by atoms with van der Waals surface area (Å²) in [4.78, 5) is 14.9. The number of amides is 1. The molecule has 0 aliphatic carbocycles. The van der Waals surface area contributed by atoms with Crippen molar-refractivity contribution in [3.63, 3.8) is 0 Å². The zero-order valence-corrected chi connectivity index (χ0v) is 13.4. The normalized spacial score (nSPS) is 19.5. The van der Waals surface area contributed by atoms with E-state index in [1.807, 2.05) is 26.1 Å². The van der Waals surface area contributed by atoms with Crippen LogP contribution in [0.4, 0.5) is 0 Å². The second-order valence-electron chi connectivity index (χ2n) is 6.21. The maximum Gasteiger partial charge on any atom is 0.230 e. The van der Waals surface area contributed by atoms with Crippen LogP contribution in [0.5, 0.6) is 0 Å². The van der Waals surface area contributed by atoms with Gasteiger partial charge in [-0.3, -0.25) is 4.79 Å². The molecule has 0 bridgehead atoms. The summed E-state index contributed by atoms with van der Waals surface area (Å²) in [7, 11) is 1.95. The molecule has 1 saturated heterocycles. The van der Waals surface area contributed by atoms with Crippen molar-refractivity contribution in [3.8, 4) is 0 Å². The molecule has 1 aliphatic rings. The van der Waals surface area contributed by atoms with Crippen LogP contribution >= 0.6 is 0 Å². The highest BCUT2D eigenvalue weighted by molar-refractivity contribution is 5.88. The Bertz CT molecular complexity index is 667. The van der Waals surface area contributed by atoms with Crippen LogP contribution in [-0.2, 0) is 4.79 Å². The number of rotatable bonds is 4. The zero-order valence-electron chi connectivity index (χ0n) is 13.4. The Morgan fingerprint density at radius 3 is 2.82 bits per heavy atom. The van der Waals surface area contributed by atoms with Crippen LogP contribution in [0.15, 0.2) is 42.5 Å². The van der Waals surface area contributed by atoms with E-state index < -0.39 is 0 Å². The molecule has 0 saturated carbocycles. The Morgan fingerprint density at radius 2 is 2.05 bits per heavy atom. The minimum atomic E-state index is -0.0814. The first-order chi connectivity index (χ1) is 10.7. The lowest BCUT2D eigenvalue weighted by Gasteiger charge is -2.27. The number of hydrogen-bond donors (Lipinski definition) is 1. The lowest BCUT2D eigenvalue weighted by molar-refractivity contribution is -0.133. The number of likely N-dealkylation sites (N-methyl/N-ethyl adjacent to an activating group) is 1. The minimum Gasteiger partial charge on any atom is -0.338 e. The van der Waals surface area contributed by atoms with Gasteiger partial charge in [-0.05, 0) is 43.1 Å². The monoisotopic (exact) mass is 296 g/mol. The zero-order chi connectivity index (χ0) is 15.5. The van der Waals surface area contributed by atoms with E-state index in [0.29, 0.717) is 6.04 Å². The first kappa shape index (κ1) is 15.0. The summed E-state index contributed by atoms with van der Waals surface area (Å²) in [5, 5.41) is 5.63. The van der Waals surface area contributed by atoms with Crippen molar-refractivity contribution >= 4 is 16.7 Å². The maximum absolute atomic E-state index is 12.9. The molecule has 22 heavy (non-hydrogen) atoms. The topological polar surface area (TPSA) is 32.3 Å². The molecule has 3 heteroatoms. The van der Waals surface area contributed by atoms with Gasteiger partial charge in [-0.1, -0.05) is 42.5 Å². The quantitative estimate of drug-likeness (QED) is 0.940. The molecule has 2 unspecified atom stereocenters. The Morgan fingerprint density at radius 1 is 1.27 bits per heavy atom. The fraction of sp³-hybridized carbons (Fsp3) is 0.421. The van der Waals surface area contributed by atoms with Gasteiger partial charge in [-0.2, -0.15) is 0 Å². The number of nitrogens with zero attached hydrogens (tertiary/aromatic N) is 1. The lowest BCUT2D eigenvalue weighted by atomic mass is 9.96. The van der Waals surface area contributed by atoms with E-state index in [1.165, 1.54) is 10.8 Å². The minimum absolute atomic E-state index is 0.0814. The van der Waals surface area contributed by atoms with Gasteiger partial charge in [-0.15, -0.1) is 0 Å². The first-order valence-corrected chi connectivity index (χ1v) is 8.14. The predicted octanol–water partition coefficient (Wildman–Crippen LogP) is 3.15. The van der Waals surface area contributed by atoms with E-state index in [1.54, 1.807) is 0 Å². The molecule has 2 aromatic carbocycles. The summed E-state index contributed by atoms with van der Waals surface area (Å²) in [6.45, 7) is 3.81. The fourth-order valence-electron chi connectivity index (χ4n) is 3.44. The van der Waals surface area contributed by atoms with E-state index in [4.69, 9.17) is 0 Å². The van der Waals surface area contributed by atoms with Gasteiger partial charge >= 0.3 is 0 Å². The third-order valence-corrected chi connectivity index (χ3v) is 4.74.